The number of rotatable bonds is 3. The number of ketones is 1. The summed E-state index contributed by atoms with van der Waals surface area (Å²) in [5.74, 6) is 0.354. The molecule has 2 heteroatoms. The summed E-state index contributed by atoms with van der Waals surface area (Å²) in [6, 6.07) is 8.39. The van der Waals surface area contributed by atoms with Crippen molar-refractivity contribution in [2.45, 2.75) is 38.8 Å². The average Bonchev–Trinajstić information content (AvgIpc) is 2.29. The third-order valence-corrected chi connectivity index (χ3v) is 2.97. The maximum atomic E-state index is 11.7. The molecule has 1 aliphatic heterocycles. The van der Waals surface area contributed by atoms with E-state index in [1.54, 1.807) is 0 Å². The van der Waals surface area contributed by atoms with Gasteiger partial charge in [-0.05, 0) is 24.0 Å². The minimum absolute atomic E-state index is 0.0415. The SMILES string of the molecule is CCCC(=O)C1Cc2ccccc2CN1. The molecule has 1 aromatic carbocycles. The summed E-state index contributed by atoms with van der Waals surface area (Å²) < 4.78 is 0. The Bertz CT molecular complexity index is 359. The van der Waals surface area contributed by atoms with E-state index in [4.69, 9.17) is 0 Å². The molecule has 1 N–H and O–H groups in total. The molecule has 0 saturated heterocycles. The van der Waals surface area contributed by atoms with E-state index >= 15 is 0 Å². The van der Waals surface area contributed by atoms with Crippen molar-refractivity contribution >= 4 is 5.78 Å². The lowest BCUT2D eigenvalue weighted by atomic mass is 9.92. The molecule has 0 amide bonds. The number of carbonyl (C=O) groups is 1. The number of fused-ring (bicyclic) bond motifs is 1. The highest BCUT2D eigenvalue weighted by molar-refractivity contribution is 5.84. The van der Waals surface area contributed by atoms with Crippen molar-refractivity contribution in [2.75, 3.05) is 0 Å². The smallest absolute Gasteiger partial charge is 0.150 e. The van der Waals surface area contributed by atoms with Gasteiger partial charge in [0.25, 0.3) is 0 Å². The molecular formula is C13H17NO. The van der Waals surface area contributed by atoms with Gasteiger partial charge < -0.3 is 5.32 Å². The summed E-state index contributed by atoms with van der Waals surface area (Å²) in [4.78, 5) is 11.7. The second kappa shape index (κ2) is 4.58. The molecule has 15 heavy (non-hydrogen) atoms. The molecule has 2 rings (SSSR count). The number of hydrogen-bond donors (Lipinski definition) is 1. The van der Waals surface area contributed by atoms with Gasteiger partial charge in [-0.25, -0.2) is 0 Å². The molecule has 0 bridgehead atoms. The quantitative estimate of drug-likeness (QED) is 0.814. The van der Waals surface area contributed by atoms with Gasteiger partial charge in [-0.15, -0.1) is 0 Å². The minimum atomic E-state index is 0.0415. The lowest BCUT2D eigenvalue weighted by Crippen LogP contribution is -2.41. The zero-order valence-corrected chi connectivity index (χ0v) is 9.12. The number of Topliss-reactive ketones (excluding diaryl/α,β-unsaturated/α-hetero) is 1. The molecule has 80 valence electrons. The van der Waals surface area contributed by atoms with Crippen LogP contribution in [-0.2, 0) is 17.8 Å². The fourth-order valence-electron chi connectivity index (χ4n) is 2.10. The Morgan fingerprint density at radius 1 is 1.40 bits per heavy atom. The van der Waals surface area contributed by atoms with E-state index in [-0.39, 0.29) is 6.04 Å². The summed E-state index contributed by atoms with van der Waals surface area (Å²) >= 11 is 0. The van der Waals surface area contributed by atoms with Crippen molar-refractivity contribution in [3.63, 3.8) is 0 Å². The van der Waals surface area contributed by atoms with Crippen molar-refractivity contribution in [3.8, 4) is 0 Å². The van der Waals surface area contributed by atoms with Gasteiger partial charge in [0.1, 0.15) is 5.78 Å². The van der Waals surface area contributed by atoms with Crippen LogP contribution in [0.3, 0.4) is 0 Å². The normalized spacial score (nSPS) is 19.7. The zero-order valence-electron chi connectivity index (χ0n) is 9.12. The van der Waals surface area contributed by atoms with Crippen LogP contribution in [0.15, 0.2) is 24.3 Å². The molecular weight excluding hydrogens is 186 g/mol. The maximum Gasteiger partial charge on any atom is 0.150 e. The van der Waals surface area contributed by atoms with E-state index in [0.29, 0.717) is 12.2 Å². The van der Waals surface area contributed by atoms with Gasteiger partial charge in [-0.2, -0.15) is 0 Å². The Labute approximate surface area is 90.7 Å². The summed E-state index contributed by atoms with van der Waals surface area (Å²) in [5, 5.41) is 3.31. The average molecular weight is 203 g/mol. The summed E-state index contributed by atoms with van der Waals surface area (Å²) in [5.41, 5.74) is 2.66. The first-order chi connectivity index (χ1) is 7.31. The summed E-state index contributed by atoms with van der Waals surface area (Å²) in [6.07, 6.45) is 2.49. The Hall–Kier alpha value is -1.15. The Balaban J connectivity index is 2.08. The number of benzene rings is 1. The topological polar surface area (TPSA) is 29.1 Å². The lowest BCUT2D eigenvalue weighted by Gasteiger charge is -2.24. The highest BCUT2D eigenvalue weighted by atomic mass is 16.1. The van der Waals surface area contributed by atoms with Crippen LogP contribution in [-0.4, -0.2) is 11.8 Å². The lowest BCUT2D eigenvalue weighted by molar-refractivity contribution is -0.121. The van der Waals surface area contributed by atoms with Gasteiger partial charge >= 0.3 is 0 Å². The third-order valence-electron chi connectivity index (χ3n) is 2.97. The molecule has 1 aromatic rings. The Kier molecular flexibility index (Phi) is 3.17. The van der Waals surface area contributed by atoms with Crippen molar-refractivity contribution in [3.05, 3.63) is 35.4 Å². The Morgan fingerprint density at radius 2 is 2.13 bits per heavy atom. The van der Waals surface area contributed by atoms with Crippen LogP contribution in [0.5, 0.6) is 0 Å². The highest BCUT2D eigenvalue weighted by Crippen LogP contribution is 2.17. The fourth-order valence-corrected chi connectivity index (χ4v) is 2.10. The molecule has 1 atom stereocenters. The fraction of sp³-hybridized carbons (Fsp3) is 0.462. The molecule has 1 aliphatic rings. The maximum absolute atomic E-state index is 11.7. The van der Waals surface area contributed by atoms with Crippen molar-refractivity contribution in [1.82, 2.24) is 5.32 Å². The minimum Gasteiger partial charge on any atom is -0.303 e. The first-order valence-electron chi connectivity index (χ1n) is 5.64. The predicted octanol–water partition coefficient (Wildman–Crippen LogP) is 2.07. The van der Waals surface area contributed by atoms with Crippen LogP contribution in [0, 0.1) is 0 Å². The Morgan fingerprint density at radius 3 is 2.87 bits per heavy atom. The zero-order chi connectivity index (χ0) is 10.7. The molecule has 1 heterocycles. The molecule has 0 aromatic heterocycles. The molecule has 0 spiro atoms. The monoisotopic (exact) mass is 203 g/mol. The molecule has 0 saturated carbocycles. The van der Waals surface area contributed by atoms with Crippen LogP contribution in [0.25, 0.3) is 0 Å². The van der Waals surface area contributed by atoms with Gasteiger partial charge in [0, 0.05) is 13.0 Å². The van der Waals surface area contributed by atoms with Crippen LogP contribution < -0.4 is 5.32 Å². The van der Waals surface area contributed by atoms with E-state index in [0.717, 1.165) is 19.4 Å². The predicted molar refractivity (Wildman–Crippen MR) is 60.7 cm³/mol. The van der Waals surface area contributed by atoms with Gasteiger partial charge in [0.15, 0.2) is 0 Å². The van der Waals surface area contributed by atoms with Gasteiger partial charge in [0.05, 0.1) is 6.04 Å². The molecule has 0 radical (unpaired) electrons. The van der Waals surface area contributed by atoms with E-state index in [1.807, 2.05) is 6.07 Å². The van der Waals surface area contributed by atoms with Crippen molar-refractivity contribution in [1.29, 1.82) is 0 Å². The molecule has 2 nitrogen and oxygen atoms in total. The van der Waals surface area contributed by atoms with E-state index in [9.17, 15) is 4.79 Å². The molecule has 0 fully saturated rings. The number of carbonyl (C=O) groups excluding carboxylic acids is 1. The molecule has 0 aliphatic carbocycles. The van der Waals surface area contributed by atoms with Crippen LogP contribution in [0.1, 0.15) is 30.9 Å². The summed E-state index contributed by atoms with van der Waals surface area (Å²) in [6.45, 7) is 2.88. The number of nitrogens with one attached hydrogen (secondary N) is 1. The van der Waals surface area contributed by atoms with Gasteiger partial charge in [-0.1, -0.05) is 31.2 Å². The summed E-state index contributed by atoms with van der Waals surface area (Å²) in [7, 11) is 0. The van der Waals surface area contributed by atoms with Crippen LogP contribution >= 0.6 is 0 Å². The van der Waals surface area contributed by atoms with Crippen molar-refractivity contribution in [2.24, 2.45) is 0 Å². The van der Waals surface area contributed by atoms with E-state index in [1.165, 1.54) is 11.1 Å². The van der Waals surface area contributed by atoms with E-state index < -0.39 is 0 Å². The largest absolute Gasteiger partial charge is 0.303 e. The first-order valence-corrected chi connectivity index (χ1v) is 5.64. The number of hydrogen-bond acceptors (Lipinski definition) is 2. The van der Waals surface area contributed by atoms with E-state index in [2.05, 4.69) is 30.4 Å². The first kappa shape index (κ1) is 10.4. The highest BCUT2D eigenvalue weighted by Gasteiger charge is 2.22. The standard InChI is InChI=1S/C13H17NO/c1-2-5-13(15)12-8-10-6-3-4-7-11(10)9-14-12/h3-4,6-7,12,14H,2,5,8-9H2,1H3. The van der Waals surface area contributed by atoms with Crippen LogP contribution in [0.2, 0.25) is 0 Å². The van der Waals surface area contributed by atoms with Gasteiger partial charge in [0.2, 0.25) is 0 Å². The third kappa shape index (κ3) is 2.26. The molecule has 1 unspecified atom stereocenters. The van der Waals surface area contributed by atoms with Crippen molar-refractivity contribution < 1.29 is 4.79 Å². The second-order valence-electron chi connectivity index (χ2n) is 4.12. The second-order valence-corrected chi connectivity index (χ2v) is 4.12. The van der Waals surface area contributed by atoms with Gasteiger partial charge in [-0.3, -0.25) is 4.79 Å². The van der Waals surface area contributed by atoms with Crippen LogP contribution in [0.4, 0.5) is 0 Å².